The van der Waals surface area contributed by atoms with Crippen LogP contribution in [0.1, 0.15) is 41.4 Å². The summed E-state index contributed by atoms with van der Waals surface area (Å²) in [7, 11) is 3.21. The van der Waals surface area contributed by atoms with Gasteiger partial charge in [0.1, 0.15) is 5.03 Å². The Balaban J connectivity index is 2.04. The quantitative estimate of drug-likeness (QED) is 0.784. The van der Waals surface area contributed by atoms with Crippen LogP contribution >= 0.6 is 11.6 Å². The van der Waals surface area contributed by atoms with Crippen LogP contribution in [0, 0.1) is 0 Å². The summed E-state index contributed by atoms with van der Waals surface area (Å²) in [6.07, 6.45) is 0. The zero-order chi connectivity index (χ0) is 20.2. The number of ketones is 4. The van der Waals surface area contributed by atoms with Gasteiger partial charge in [-0.05, 0) is 0 Å². The van der Waals surface area contributed by atoms with Crippen molar-refractivity contribution in [1.29, 1.82) is 0 Å². The molecule has 2 aromatic rings. The zero-order valence-corrected chi connectivity index (χ0v) is 15.8. The lowest BCUT2D eigenvalue weighted by atomic mass is 9.78. The first kappa shape index (κ1) is 18.1. The highest BCUT2D eigenvalue weighted by atomic mass is 35.5. The molecule has 0 atom stereocenters. The first-order chi connectivity index (χ1) is 13.3. The first-order valence-corrected chi connectivity index (χ1v) is 8.91. The third-order valence-corrected chi connectivity index (χ3v) is 5.22. The summed E-state index contributed by atoms with van der Waals surface area (Å²) in [5, 5.41) is -0.349. The molecule has 2 aromatic carbocycles. The number of halogens is 1. The minimum absolute atomic E-state index is 0.0392. The Kier molecular flexibility index (Phi) is 4.12. The van der Waals surface area contributed by atoms with Crippen molar-refractivity contribution in [3.63, 3.8) is 0 Å². The molecule has 0 spiro atoms. The van der Waals surface area contributed by atoms with Gasteiger partial charge in [0.2, 0.25) is 11.6 Å². The SMILES string of the molecule is CN(C)C1=C(C2=C(Cl)C(=O)c3ccccc3C2=O)C(=O)c2ccccc2C1=O. The third kappa shape index (κ3) is 2.40. The van der Waals surface area contributed by atoms with Crippen LogP contribution in [-0.4, -0.2) is 42.1 Å². The molecule has 0 heterocycles. The number of carbonyl (C=O) groups is 4. The number of hydrogen-bond donors (Lipinski definition) is 0. The molecule has 2 aliphatic carbocycles. The molecule has 0 amide bonds. The second-order valence-corrected chi connectivity index (χ2v) is 7.09. The van der Waals surface area contributed by atoms with Crippen LogP contribution in [0.3, 0.4) is 0 Å². The van der Waals surface area contributed by atoms with Crippen LogP contribution in [0.2, 0.25) is 0 Å². The topological polar surface area (TPSA) is 71.5 Å². The Morgan fingerprint density at radius 3 is 1.46 bits per heavy atom. The molecule has 28 heavy (non-hydrogen) atoms. The van der Waals surface area contributed by atoms with E-state index >= 15 is 0 Å². The van der Waals surface area contributed by atoms with Gasteiger partial charge in [0.05, 0.1) is 16.8 Å². The molecule has 138 valence electrons. The van der Waals surface area contributed by atoms with Crippen molar-refractivity contribution in [1.82, 2.24) is 4.90 Å². The summed E-state index contributed by atoms with van der Waals surface area (Å²) in [4.78, 5) is 53.8. The summed E-state index contributed by atoms with van der Waals surface area (Å²) in [6.45, 7) is 0. The lowest BCUT2D eigenvalue weighted by molar-refractivity contribution is 0.0941. The number of carbonyl (C=O) groups excluding carboxylic acids is 4. The summed E-state index contributed by atoms with van der Waals surface area (Å²) in [5.74, 6) is -1.99. The number of hydrogen-bond acceptors (Lipinski definition) is 5. The predicted octanol–water partition coefficient (Wildman–Crippen LogP) is 3.45. The minimum Gasteiger partial charge on any atom is -0.374 e. The van der Waals surface area contributed by atoms with E-state index in [1.807, 2.05) is 0 Å². The Morgan fingerprint density at radius 2 is 1.00 bits per heavy atom. The van der Waals surface area contributed by atoms with Crippen LogP contribution in [-0.2, 0) is 0 Å². The second kappa shape index (κ2) is 6.39. The maximum atomic E-state index is 13.3. The Bertz CT molecular complexity index is 1170. The van der Waals surface area contributed by atoms with E-state index in [2.05, 4.69) is 0 Å². The summed E-state index contributed by atoms with van der Waals surface area (Å²) in [5.41, 5.74) is 0.474. The van der Waals surface area contributed by atoms with E-state index < -0.39 is 23.1 Å². The van der Waals surface area contributed by atoms with Gasteiger partial charge in [0.25, 0.3) is 0 Å². The predicted molar refractivity (Wildman–Crippen MR) is 104 cm³/mol. The van der Waals surface area contributed by atoms with Gasteiger partial charge in [-0.15, -0.1) is 0 Å². The van der Waals surface area contributed by atoms with Gasteiger partial charge in [-0.3, -0.25) is 19.2 Å². The van der Waals surface area contributed by atoms with E-state index in [1.54, 1.807) is 44.4 Å². The van der Waals surface area contributed by atoms with Gasteiger partial charge in [0.15, 0.2) is 11.6 Å². The van der Waals surface area contributed by atoms with Crippen molar-refractivity contribution in [3.8, 4) is 0 Å². The van der Waals surface area contributed by atoms with E-state index in [9.17, 15) is 19.2 Å². The van der Waals surface area contributed by atoms with Crippen LogP contribution in [0.4, 0.5) is 0 Å². The molecule has 0 bridgehead atoms. The van der Waals surface area contributed by atoms with Gasteiger partial charge in [-0.1, -0.05) is 60.1 Å². The van der Waals surface area contributed by atoms with Gasteiger partial charge >= 0.3 is 0 Å². The molecule has 0 aromatic heterocycles. The number of fused-ring (bicyclic) bond motifs is 2. The molecule has 2 aliphatic rings. The summed E-state index contributed by atoms with van der Waals surface area (Å²) < 4.78 is 0. The minimum atomic E-state index is -0.546. The van der Waals surface area contributed by atoms with Crippen LogP contribution in [0.15, 0.2) is 70.4 Å². The maximum Gasteiger partial charge on any atom is 0.210 e. The molecule has 4 rings (SSSR count). The number of nitrogens with zero attached hydrogens (tertiary/aromatic N) is 1. The molecule has 0 radical (unpaired) electrons. The maximum absolute atomic E-state index is 13.3. The molecule has 0 unspecified atom stereocenters. The zero-order valence-electron chi connectivity index (χ0n) is 15.1. The van der Waals surface area contributed by atoms with Gasteiger partial charge in [-0.25, -0.2) is 0 Å². The molecule has 0 aliphatic heterocycles. The molecule has 5 nitrogen and oxygen atoms in total. The van der Waals surface area contributed by atoms with Crippen molar-refractivity contribution in [2.45, 2.75) is 0 Å². The highest BCUT2D eigenvalue weighted by Gasteiger charge is 2.41. The average molecular weight is 392 g/mol. The van der Waals surface area contributed by atoms with Crippen molar-refractivity contribution < 1.29 is 19.2 Å². The largest absolute Gasteiger partial charge is 0.374 e. The van der Waals surface area contributed by atoms with Crippen LogP contribution < -0.4 is 0 Å². The number of allylic oxidation sites excluding steroid dienone is 4. The Morgan fingerprint density at radius 1 is 0.607 bits per heavy atom. The standard InChI is InChI=1S/C22H14ClNO4/c1-24(2)18-16(20(26)12-8-4-6-10-14(12)22(18)28)15-17(23)21(27)13-9-5-3-7-11(13)19(15)25/h3-10H,1-2H3. The highest BCUT2D eigenvalue weighted by molar-refractivity contribution is 6.52. The van der Waals surface area contributed by atoms with Crippen molar-refractivity contribution >= 4 is 34.7 Å². The first-order valence-electron chi connectivity index (χ1n) is 8.53. The van der Waals surface area contributed by atoms with E-state index in [0.717, 1.165) is 0 Å². The lowest BCUT2D eigenvalue weighted by Gasteiger charge is -2.28. The van der Waals surface area contributed by atoms with E-state index in [4.69, 9.17) is 11.6 Å². The number of Topliss-reactive ketones (excluding diaryl/α,β-unsaturated/α-hetero) is 4. The highest BCUT2D eigenvalue weighted by Crippen LogP contribution is 2.38. The average Bonchev–Trinajstić information content (AvgIpc) is 2.69. The van der Waals surface area contributed by atoms with Gasteiger partial charge in [0, 0.05) is 36.3 Å². The molecular formula is C22H14ClNO4. The second-order valence-electron chi connectivity index (χ2n) is 6.71. The normalized spacial score (nSPS) is 16.4. The fourth-order valence-electron chi connectivity index (χ4n) is 3.59. The van der Waals surface area contributed by atoms with E-state index in [-0.39, 0.29) is 44.1 Å². The van der Waals surface area contributed by atoms with Crippen molar-refractivity contribution in [2.75, 3.05) is 14.1 Å². The van der Waals surface area contributed by atoms with E-state index in [1.165, 1.54) is 23.1 Å². The summed E-state index contributed by atoms with van der Waals surface area (Å²) in [6, 6.07) is 12.7. The molecule has 0 N–H and O–H groups in total. The Hall–Kier alpha value is -3.31. The smallest absolute Gasteiger partial charge is 0.210 e. The van der Waals surface area contributed by atoms with Gasteiger partial charge < -0.3 is 4.90 Å². The number of benzene rings is 2. The third-order valence-electron chi connectivity index (χ3n) is 4.85. The molecule has 0 saturated carbocycles. The molecule has 6 heteroatoms. The van der Waals surface area contributed by atoms with Crippen molar-refractivity contribution in [3.05, 3.63) is 92.7 Å². The molecular weight excluding hydrogens is 378 g/mol. The number of likely N-dealkylation sites (N-methyl/N-ethyl adjacent to an activating group) is 1. The van der Waals surface area contributed by atoms with Gasteiger partial charge in [-0.2, -0.15) is 0 Å². The molecule has 0 fully saturated rings. The fourth-order valence-corrected chi connectivity index (χ4v) is 3.87. The fraction of sp³-hybridized carbons (Fsp3) is 0.0909. The summed E-state index contributed by atoms with van der Waals surface area (Å²) >= 11 is 6.29. The monoisotopic (exact) mass is 391 g/mol. The van der Waals surface area contributed by atoms with Crippen LogP contribution in [0.25, 0.3) is 0 Å². The Labute approximate surface area is 165 Å². The number of rotatable bonds is 2. The lowest BCUT2D eigenvalue weighted by Crippen LogP contribution is -2.33. The van der Waals surface area contributed by atoms with Crippen LogP contribution in [0.5, 0.6) is 0 Å². The van der Waals surface area contributed by atoms with E-state index in [0.29, 0.717) is 0 Å². The molecule has 0 saturated heterocycles. The van der Waals surface area contributed by atoms with Crippen molar-refractivity contribution in [2.24, 2.45) is 0 Å².